The molecule has 2 aliphatic rings. The molecule has 0 spiro atoms. The number of ether oxygens (including phenoxy) is 1. The fourth-order valence-electron chi connectivity index (χ4n) is 5.18. The summed E-state index contributed by atoms with van der Waals surface area (Å²) in [6.45, 7) is 2.02. The van der Waals surface area contributed by atoms with E-state index in [0.717, 1.165) is 24.8 Å². The quantitative estimate of drug-likeness (QED) is 0.732. The number of halogens is 1. The molecule has 1 heterocycles. The van der Waals surface area contributed by atoms with Crippen LogP contribution >= 0.6 is 11.6 Å². The molecule has 0 radical (unpaired) electrons. The molecule has 3 nitrogen and oxygen atoms in total. The van der Waals surface area contributed by atoms with Crippen LogP contribution in [0.25, 0.3) is 0 Å². The predicted molar refractivity (Wildman–Crippen MR) is 106 cm³/mol. The Kier molecular flexibility index (Phi) is 5.00. The van der Waals surface area contributed by atoms with Crippen LogP contribution in [-0.4, -0.2) is 16.7 Å². The maximum atomic E-state index is 12.5. The van der Waals surface area contributed by atoms with Crippen LogP contribution in [0.3, 0.4) is 0 Å². The average molecular weight is 385 g/mol. The highest BCUT2D eigenvalue weighted by atomic mass is 35.5. The molecule has 2 aromatic carbocycles. The third kappa shape index (κ3) is 3.39. The molecule has 142 valence electrons. The summed E-state index contributed by atoms with van der Waals surface area (Å²) in [5.41, 5.74) is 1.34. The van der Waals surface area contributed by atoms with Crippen molar-refractivity contribution in [3.05, 3.63) is 70.7 Å². The molecule has 0 bridgehead atoms. The average Bonchev–Trinajstić information content (AvgIpc) is 2.67. The summed E-state index contributed by atoms with van der Waals surface area (Å²) < 4.78 is 5.98. The zero-order valence-electron chi connectivity index (χ0n) is 15.5. The number of hydrogen-bond donors (Lipinski definition) is 1. The van der Waals surface area contributed by atoms with Gasteiger partial charge in [0.15, 0.2) is 0 Å². The van der Waals surface area contributed by atoms with Crippen molar-refractivity contribution in [1.29, 1.82) is 0 Å². The molecule has 1 aliphatic carbocycles. The molecule has 2 fully saturated rings. The maximum absolute atomic E-state index is 12.5. The highest BCUT2D eigenvalue weighted by Crippen LogP contribution is 2.54. The van der Waals surface area contributed by atoms with Crippen molar-refractivity contribution in [2.75, 3.05) is 0 Å². The van der Waals surface area contributed by atoms with Crippen LogP contribution in [0.1, 0.15) is 55.8 Å². The van der Waals surface area contributed by atoms with E-state index in [1.54, 1.807) is 12.1 Å². The first-order valence-electron chi connectivity index (χ1n) is 9.69. The summed E-state index contributed by atoms with van der Waals surface area (Å²) in [7, 11) is 0. The van der Waals surface area contributed by atoms with Gasteiger partial charge in [0.2, 0.25) is 0 Å². The summed E-state index contributed by atoms with van der Waals surface area (Å²) in [4.78, 5) is 12.5. The lowest BCUT2D eigenvalue weighted by Crippen LogP contribution is -2.56. The predicted octanol–water partition coefficient (Wildman–Crippen LogP) is 5.28. The molecule has 4 heteroatoms. The molecule has 2 aromatic rings. The summed E-state index contributed by atoms with van der Waals surface area (Å²) in [5.74, 6) is 0.0432. The van der Waals surface area contributed by atoms with Gasteiger partial charge in [-0.1, -0.05) is 60.5 Å². The monoisotopic (exact) mass is 384 g/mol. The van der Waals surface area contributed by atoms with Crippen molar-refractivity contribution in [2.24, 2.45) is 11.8 Å². The zero-order valence-corrected chi connectivity index (χ0v) is 16.2. The highest BCUT2D eigenvalue weighted by Gasteiger charge is 2.55. The van der Waals surface area contributed by atoms with Gasteiger partial charge >= 0.3 is 5.97 Å². The topological polar surface area (TPSA) is 46.5 Å². The SMILES string of the molecule is C[C@@]12OC(=O)C[C@@H](c3ccccc3)[C@@H]1CCC[C@H]2[C@@H](O)c1ccc(Cl)cc1. The van der Waals surface area contributed by atoms with Crippen molar-refractivity contribution in [3.63, 3.8) is 0 Å². The number of carbonyl (C=O) groups is 1. The van der Waals surface area contributed by atoms with Gasteiger partial charge in [-0.15, -0.1) is 0 Å². The van der Waals surface area contributed by atoms with Crippen molar-refractivity contribution in [3.8, 4) is 0 Å². The second kappa shape index (κ2) is 7.29. The summed E-state index contributed by atoms with van der Waals surface area (Å²) >= 11 is 6.00. The third-order valence-electron chi connectivity index (χ3n) is 6.53. The van der Waals surface area contributed by atoms with Gasteiger partial charge in [-0.25, -0.2) is 0 Å². The second-order valence-electron chi connectivity index (χ2n) is 8.02. The molecule has 1 N–H and O–H groups in total. The molecule has 4 rings (SSSR count). The first kappa shape index (κ1) is 18.5. The minimum Gasteiger partial charge on any atom is -0.459 e. The Morgan fingerprint density at radius 3 is 2.52 bits per heavy atom. The molecule has 0 unspecified atom stereocenters. The van der Waals surface area contributed by atoms with Crippen LogP contribution in [-0.2, 0) is 9.53 Å². The van der Waals surface area contributed by atoms with E-state index in [2.05, 4.69) is 12.1 Å². The smallest absolute Gasteiger partial charge is 0.306 e. The normalized spacial score (nSPS) is 31.7. The van der Waals surface area contributed by atoms with Crippen molar-refractivity contribution in [1.82, 2.24) is 0 Å². The van der Waals surface area contributed by atoms with Crippen LogP contribution in [0.5, 0.6) is 0 Å². The van der Waals surface area contributed by atoms with Crippen LogP contribution in [0.15, 0.2) is 54.6 Å². The van der Waals surface area contributed by atoms with Crippen LogP contribution in [0.2, 0.25) is 5.02 Å². The molecule has 5 atom stereocenters. The van der Waals surface area contributed by atoms with Crippen LogP contribution in [0, 0.1) is 11.8 Å². The van der Waals surface area contributed by atoms with E-state index in [4.69, 9.17) is 16.3 Å². The molecule has 27 heavy (non-hydrogen) atoms. The minimum atomic E-state index is -0.683. The number of aliphatic hydroxyl groups excluding tert-OH is 1. The van der Waals surface area contributed by atoms with Gasteiger partial charge in [-0.05, 0) is 43.0 Å². The minimum absolute atomic E-state index is 0.132. The first-order chi connectivity index (χ1) is 13.0. The Labute approximate surface area is 165 Å². The standard InChI is InChI=1S/C23H25ClO3/c1-23-19(18(14-21(25)27-23)15-6-3-2-4-7-15)8-5-9-20(23)22(26)16-10-12-17(24)13-11-16/h2-4,6-7,10-13,18-20,22,26H,5,8-9,14H2,1H3/t18-,19-,20-,22-,23+/m0/s1. The maximum Gasteiger partial charge on any atom is 0.306 e. The van der Waals surface area contributed by atoms with Crippen molar-refractivity contribution >= 4 is 17.6 Å². The van der Waals surface area contributed by atoms with E-state index in [1.165, 1.54) is 5.56 Å². The van der Waals surface area contributed by atoms with E-state index >= 15 is 0 Å². The second-order valence-corrected chi connectivity index (χ2v) is 8.46. The Hall–Kier alpha value is -1.84. The van der Waals surface area contributed by atoms with Gasteiger partial charge < -0.3 is 9.84 Å². The lowest BCUT2D eigenvalue weighted by atomic mass is 9.59. The molecule has 1 saturated carbocycles. The van der Waals surface area contributed by atoms with E-state index < -0.39 is 11.7 Å². The molecular weight excluding hydrogens is 360 g/mol. The number of benzene rings is 2. The Balaban J connectivity index is 1.69. The zero-order chi connectivity index (χ0) is 19.0. The third-order valence-corrected chi connectivity index (χ3v) is 6.78. The van der Waals surface area contributed by atoms with Crippen LogP contribution in [0.4, 0.5) is 0 Å². The van der Waals surface area contributed by atoms with E-state index in [9.17, 15) is 9.90 Å². The highest BCUT2D eigenvalue weighted by molar-refractivity contribution is 6.30. The molecule has 1 saturated heterocycles. The number of hydrogen-bond acceptors (Lipinski definition) is 3. The van der Waals surface area contributed by atoms with Gasteiger partial charge in [0.25, 0.3) is 0 Å². The lowest BCUT2D eigenvalue weighted by molar-refractivity contribution is -0.203. The first-order valence-corrected chi connectivity index (χ1v) is 10.1. The Morgan fingerprint density at radius 1 is 1.11 bits per heavy atom. The molecule has 1 aliphatic heterocycles. The van der Waals surface area contributed by atoms with Crippen molar-refractivity contribution < 1.29 is 14.6 Å². The van der Waals surface area contributed by atoms with Crippen LogP contribution < -0.4 is 0 Å². The number of fused-ring (bicyclic) bond motifs is 1. The summed E-state index contributed by atoms with van der Waals surface area (Å²) in [5, 5.41) is 11.8. The summed E-state index contributed by atoms with van der Waals surface area (Å²) in [6, 6.07) is 17.6. The fourth-order valence-corrected chi connectivity index (χ4v) is 5.31. The summed E-state index contributed by atoms with van der Waals surface area (Å²) in [6.07, 6.45) is 2.60. The number of aliphatic hydroxyl groups is 1. The van der Waals surface area contributed by atoms with Crippen molar-refractivity contribution in [2.45, 2.75) is 50.2 Å². The van der Waals surface area contributed by atoms with E-state index in [-0.39, 0.29) is 23.7 Å². The van der Waals surface area contributed by atoms with E-state index in [0.29, 0.717) is 11.4 Å². The van der Waals surface area contributed by atoms with Gasteiger partial charge in [-0.3, -0.25) is 4.79 Å². The van der Waals surface area contributed by atoms with Gasteiger partial charge in [0.05, 0.1) is 12.5 Å². The van der Waals surface area contributed by atoms with E-state index in [1.807, 2.05) is 37.3 Å². The Morgan fingerprint density at radius 2 is 1.81 bits per heavy atom. The van der Waals surface area contributed by atoms with Gasteiger partial charge in [0, 0.05) is 22.8 Å². The number of rotatable bonds is 3. The number of esters is 1. The lowest BCUT2D eigenvalue weighted by Gasteiger charge is -2.53. The number of carbonyl (C=O) groups excluding carboxylic acids is 1. The Bertz CT molecular complexity index is 804. The largest absolute Gasteiger partial charge is 0.459 e. The fraction of sp³-hybridized carbons (Fsp3) is 0.435. The molecule has 0 amide bonds. The van der Waals surface area contributed by atoms with Gasteiger partial charge in [0.1, 0.15) is 5.60 Å². The molecule has 0 aromatic heterocycles. The molecular formula is C23H25ClO3. The van der Waals surface area contributed by atoms with Gasteiger partial charge in [-0.2, -0.15) is 0 Å².